The first-order chi connectivity index (χ1) is 54.6. The van der Waals surface area contributed by atoms with Crippen LogP contribution < -0.4 is 16.0 Å². The molecule has 9 aliphatic heterocycles. The molecule has 23 heteroatoms. The quantitative estimate of drug-likeness (QED) is 0.0229. The average Bonchev–Trinajstić information content (AvgIpc) is 1.36. The van der Waals surface area contributed by atoms with Gasteiger partial charge in [-0.2, -0.15) is 0 Å². The second-order valence-electron chi connectivity index (χ2n) is 32.7. The van der Waals surface area contributed by atoms with Gasteiger partial charge in [0.15, 0.2) is 0 Å². The summed E-state index contributed by atoms with van der Waals surface area (Å²) in [5.41, 5.74) is 11.5. The third kappa shape index (κ3) is 22.5. The normalized spacial score (nSPS) is 23.2. The Labute approximate surface area is 660 Å². The lowest BCUT2D eigenvalue weighted by molar-refractivity contribution is -0.144. The third-order valence-corrected chi connectivity index (χ3v) is 24.1. The molecule has 1 unspecified atom stereocenters. The van der Waals surface area contributed by atoms with Gasteiger partial charge in [-0.3, -0.25) is 29.1 Å². The van der Waals surface area contributed by atoms with E-state index in [1.807, 2.05) is 28.0 Å². The molecule has 12 heterocycles. The SMILES string of the molecule is CC1(C)CCCC(c2ccccc2[C@H](C(=O)O)N2CC[C@@H](OCCCCc3ccc4c(n3)NCCC4)C2)O1.O=C(O)[C@@H](c1cc(F)ccc1[C@@H]1CCCCO1)N1CC[C@@H](CCOCCc2ccc3c(n2)NCCC3)C1.O=C(O)[C@H](c1cc(F)ccc1[C@@H]1CCCCO1)N1CC[C@@H](CCOCCc2ccc3c(n2)NCCC3)C1. The molecule has 6 saturated heterocycles. The highest BCUT2D eigenvalue weighted by Crippen LogP contribution is 2.43. The fraction of sp³-hybridized carbons (Fsp3) is 0.596. The van der Waals surface area contributed by atoms with Crippen LogP contribution in [0.25, 0.3) is 0 Å². The number of aromatic nitrogens is 3. The minimum atomic E-state index is -0.938. The Bertz CT molecular complexity index is 3900. The van der Waals surface area contributed by atoms with Crippen molar-refractivity contribution < 1.29 is 66.9 Å². The van der Waals surface area contributed by atoms with Crippen molar-refractivity contribution in [1.82, 2.24) is 29.7 Å². The predicted octanol–water partition coefficient (Wildman–Crippen LogP) is 15.5. The lowest BCUT2D eigenvalue weighted by Crippen LogP contribution is -2.36. The molecule has 0 saturated carbocycles. The van der Waals surface area contributed by atoms with E-state index in [9.17, 15) is 38.5 Å². The number of aliphatic carboxylic acids is 3. The molecule has 6 fully saturated rings. The van der Waals surface area contributed by atoms with Gasteiger partial charge in [-0.25, -0.2) is 23.7 Å². The maximum absolute atomic E-state index is 14.3. The summed E-state index contributed by atoms with van der Waals surface area (Å²) >= 11 is 0. The molecule has 21 nitrogen and oxygen atoms in total. The summed E-state index contributed by atoms with van der Waals surface area (Å²) in [5.74, 6) is 0.302. The van der Waals surface area contributed by atoms with Gasteiger partial charge in [-0.15, -0.1) is 0 Å². The average molecular weight is 1540 g/mol. The number of unbranched alkanes of at least 4 members (excludes halogenated alkanes) is 1. The Morgan fingerprint density at radius 2 is 0.946 bits per heavy atom. The number of nitrogens with one attached hydrogen (secondary N) is 3. The van der Waals surface area contributed by atoms with Crippen molar-refractivity contribution in [2.45, 2.75) is 223 Å². The lowest BCUT2D eigenvalue weighted by Gasteiger charge is -2.38. The number of halogens is 2. The topological polar surface area (TPSA) is 252 Å². The van der Waals surface area contributed by atoms with E-state index in [-0.39, 0.29) is 30.0 Å². The standard InChI is InChI=1S/C31H43N3O4.2C29H38FN3O4/c1-31(2)17-7-13-27(38-31)25-11-3-4-12-26(25)28(30(35)36)34-19-16-24(21-34)37-20-6-5-10-23-15-14-22-9-8-18-32-29(22)33-23;2*30-22-7-9-24(26-5-1-2-15-37-26)25(18-22)27(29(34)35)33-14-10-20(19-33)11-16-36-17-12-23-8-6-21-4-3-13-31-28(21)32-23/h3-4,11-12,14-15,24,27-28H,5-10,13,16-21H2,1-2H3,(H,32,33)(H,35,36);2*6-9,18,20,26-27H,1-5,10-17,19H2,(H,31,32)(H,34,35)/t24-,27?,28-;20-,26-,27+;20-,26-,27-/m100/s1. The van der Waals surface area contributed by atoms with Gasteiger partial charge in [-0.1, -0.05) is 54.6 Å². The molecular weight excluding hydrogens is 1430 g/mol. The van der Waals surface area contributed by atoms with E-state index in [1.165, 1.54) is 47.4 Å². The smallest absolute Gasteiger partial charge is 0.325 e. The van der Waals surface area contributed by atoms with Crippen molar-refractivity contribution >= 4 is 35.4 Å². The maximum Gasteiger partial charge on any atom is 0.325 e. The van der Waals surface area contributed by atoms with Crippen molar-refractivity contribution in [3.8, 4) is 0 Å². The number of carbonyl (C=O) groups is 3. The summed E-state index contributed by atoms with van der Waals surface area (Å²) in [7, 11) is 0. The highest BCUT2D eigenvalue weighted by Gasteiger charge is 2.41. The monoisotopic (exact) mass is 1540 g/mol. The number of hydrogen-bond donors (Lipinski definition) is 6. The van der Waals surface area contributed by atoms with E-state index >= 15 is 0 Å². The van der Waals surface area contributed by atoms with Crippen LogP contribution in [0.15, 0.2) is 97.1 Å². The number of nitrogens with zero attached hydrogens (tertiary/aromatic N) is 6. The summed E-state index contributed by atoms with van der Waals surface area (Å²) in [6.45, 7) is 15.8. The molecule has 3 aromatic carbocycles. The van der Waals surface area contributed by atoms with Crippen molar-refractivity contribution in [2.24, 2.45) is 11.8 Å². The van der Waals surface area contributed by atoms with Crippen LogP contribution in [0.1, 0.15) is 239 Å². The van der Waals surface area contributed by atoms with E-state index in [2.05, 4.69) is 77.2 Å². The lowest BCUT2D eigenvalue weighted by atomic mass is 9.88. The summed E-state index contributed by atoms with van der Waals surface area (Å²) in [5, 5.41) is 40.8. The van der Waals surface area contributed by atoms with Crippen molar-refractivity contribution in [2.75, 3.05) is 121 Å². The van der Waals surface area contributed by atoms with Gasteiger partial charge < -0.3 is 59.7 Å². The molecule has 0 spiro atoms. The van der Waals surface area contributed by atoms with Gasteiger partial charge in [0.25, 0.3) is 0 Å². The van der Waals surface area contributed by atoms with Crippen LogP contribution in [0.2, 0.25) is 0 Å². The molecule has 0 bridgehead atoms. The minimum Gasteiger partial charge on any atom is -0.480 e. The Kier molecular flexibility index (Phi) is 29.9. The molecule has 606 valence electrons. The number of aryl methyl sites for hydroxylation is 4. The van der Waals surface area contributed by atoms with Crippen molar-refractivity contribution in [1.29, 1.82) is 0 Å². The van der Waals surface area contributed by atoms with Crippen LogP contribution in [-0.2, 0) is 81.3 Å². The number of hydrogen-bond acceptors (Lipinski definition) is 18. The number of carboxylic acid groups (broad SMARTS) is 3. The van der Waals surface area contributed by atoms with Crippen LogP contribution in [0.3, 0.4) is 0 Å². The fourth-order valence-corrected chi connectivity index (χ4v) is 18.1. The number of carboxylic acids is 3. The van der Waals surface area contributed by atoms with E-state index in [0.29, 0.717) is 102 Å². The molecule has 3 aromatic heterocycles. The van der Waals surface area contributed by atoms with Crippen molar-refractivity contribution in [3.63, 3.8) is 0 Å². The summed E-state index contributed by atoms with van der Waals surface area (Å²) < 4.78 is 64.9. The zero-order chi connectivity index (χ0) is 77.8. The van der Waals surface area contributed by atoms with Gasteiger partial charge in [0.05, 0.1) is 43.2 Å². The van der Waals surface area contributed by atoms with Gasteiger partial charge in [0, 0.05) is 109 Å². The molecule has 0 radical (unpaired) electrons. The van der Waals surface area contributed by atoms with Crippen LogP contribution in [-0.4, -0.2) is 180 Å². The first kappa shape index (κ1) is 82.4. The van der Waals surface area contributed by atoms with E-state index in [0.717, 1.165) is 237 Å². The van der Waals surface area contributed by atoms with Crippen molar-refractivity contribution in [3.05, 3.63) is 176 Å². The Morgan fingerprint density at radius 1 is 0.491 bits per heavy atom. The number of ether oxygens (including phenoxy) is 6. The number of rotatable bonds is 30. The summed E-state index contributed by atoms with van der Waals surface area (Å²) in [6.07, 6.45) is 24.2. The number of fused-ring (bicyclic) bond motifs is 3. The van der Waals surface area contributed by atoms with E-state index in [4.69, 9.17) is 43.4 Å². The van der Waals surface area contributed by atoms with Gasteiger partial charge in [0.1, 0.15) is 47.2 Å². The molecule has 15 rings (SSSR count). The van der Waals surface area contributed by atoms with Crippen LogP contribution in [0.5, 0.6) is 0 Å². The first-order valence-electron chi connectivity index (χ1n) is 42.0. The molecular formula is C89H119F2N9O12. The Hall–Kier alpha value is -7.58. The first-order valence-corrected chi connectivity index (χ1v) is 42.0. The number of likely N-dealkylation sites (tertiary alicyclic amines) is 3. The molecule has 6 aromatic rings. The number of pyridine rings is 3. The van der Waals surface area contributed by atoms with Crippen LogP contribution in [0.4, 0.5) is 26.2 Å². The largest absolute Gasteiger partial charge is 0.480 e. The summed E-state index contributed by atoms with van der Waals surface area (Å²) in [4.78, 5) is 57.7. The zero-order valence-electron chi connectivity index (χ0n) is 65.9. The van der Waals surface area contributed by atoms with Crippen LogP contribution >= 0.6 is 0 Å². The highest BCUT2D eigenvalue weighted by atomic mass is 19.1. The maximum atomic E-state index is 14.3. The fourth-order valence-electron chi connectivity index (χ4n) is 18.1. The van der Waals surface area contributed by atoms with Gasteiger partial charge in [0.2, 0.25) is 0 Å². The highest BCUT2D eigenvalue weighted by molar-refractivity contribution is 5.78. The number of benzene rings is 3. The number of anilines is 3. The Balaban J connectivity index is 0.000000147. The zero-order valence-corrected chi connectivity index (χ0v) is 65.9. The molecule has 6 N–H and O–H groups in total. The van der Waals surface area contributed by atoms with E-state index in [1.54, 1.807) is 12.1 Å². The van der Waals surface area contributed by atoms with Gasteiger partial charge >= 0.3 is 17.9 Å². The summed E-state index contributed by atoms with van der Waals surface area (Å²) in [6, 6.07) is 27.5. The van der Waals surface area contributed by atoms with Gasteiger partial charge in [-0.05, 0) is 279 Å². The Morgan fingerprint density at radius 3 is 1.43 bits per heavy atom. The molecule has 9 aliphatic rings. The van der Waals surface area contributed by atoms with Crippen LogP contribution in [0, 0.1) is 23.5 Å². The second-order valence-corrected chi connectivity index (χ2v) is 32.7. The second kappa shape index (κ2) is 40.6. The molecule has 0 amide bonds. The molecule has 9 atom stereocenters. The third-order valence-electron chi connectivity index (χ3n) is 24.1. The van der Waals surface area contributed by atoms with E-state index < -0.39 is 47.7 Å². The minimum absolute atomic E-state index is 0.0631. The predicted molar refractivity (Wildman–Crippen MR) is 427 cm³/mol. The molecule has 112 heavy (non-hydrogen) atoms. The molecule has 0 aliphatic carbocycles.